The third-order valence-corrected chi connectivity index (χ3v) is 6.00. The number of carbonyl (C=O) groups excluding carboxylic acids is 2. The van der Waals surface area contributed by atoms with Crippen LogP contribution in [0.2, 0.25) is 0 Å². The number of hydrogen-bond acceptors (Lipinski definition) is 6. The van der Waals surface area contributed by atoms with Gasteiger partial charge >= 0.3 is 11.8 Å². The van der Waals surface area contributed by atoms with Gasteiger partial charge in [-0.2, -0.15) is 0 Å². The fraction of sp³-hybridized carbons (Fsp3) is 0.440. The number of nitrogens with zero attached hydrogens (tertiary/aromatic N) is 3. The van der Waals surface area contributed by atoms with Crippen LogP contribution in [0.15, 0.2) is 48.5 Å². The Morgan fingerprint density at radius 2 is 1.59 bits per heavy atom. The van der Waals surface area contributed by atoms with E-state index >= 15 is 0 Å². The summed E-state index contributed by atoms with van der Waals surface area (Å²) >= 11 is 0. The molecular formula is C25H34FN5O3. The van der Waals surface area contributed by atoms with Crippen molar-refractivity contribution in [3.63, 3.8) is 0 Å². The van der Waals surface area contributed by atoms with Crippen LogP contribution in [0.3, 0.4) is 0 Å². The Labute approximate surface area is 200 Å². The average Bonchev–Trinajstić information content (AvgIpc) is 2.85. The van der Waals surface area contributed by atoms with E-state index < -0.39 is 11.8 Å². The molecule has 1 saturated heterocycles. The van der Waals surface area contributed by atoms with Gasteiger partial charge in [-0.1, -0.05) is 12.1 Å². The highest BCUT2D eigenvalue weighted by Gasteiger charge is 2.26. The molecule has 34 heavy (non-hydrogen) atoms. The molecule has 1 aliphatic heterocycles. The lowest BCUT2D eigenvalue weighted by Crippen LogP contribution is -2.51. The van der Waals surface area contributed by atoms with Gasteiger partial charge in [0.2, 0.25) is 0 Å². The number of ether oxygens (including phenoxy) is 1. The van der Waals surface area contributed by atoms with Crippen molar-refractivity contribution < 1.29 is 18.7 Å². The van der Waals surface area contributed by atoms with Crippen molar-refractivity contribution >= 4 is 23.2 Å². The van der Waals surface area contributed by atoms with Crippen LogP contribution in [-0.2, 0) is 14.3 Å². The van der Waals surface area contributed by atoms with E-state index in [1.54, 1.807) is 12.1 Å². The Kier molecular flexibility index (Phi) is 9.24. The quantitative estimate of drug-likeness (QED) is 0.428. The maximum absolute atomic E-state index is 13.3. The summed E-state index contributed by atoms with van der Waals surface area (Å²) in [4.78, 5) is 31.0. The van der Waals surface area contributed by atoms with Crippen LogP contribution in [0, 0.1) is 5.82 Å². The number of carbonyl (C=O) groups is 2. The van der Waals surface area contributed by atoms with E-state index in [2.05, 4.69) is 44.7 Å². The summed E-state index contributed by atoms with van der Waals surface area (Å²) in [6.45, 7) is 4.05. The highest BCUT2D eigenvalue weighted by atomic mass is 19.1. The third kappa shape index (κ3) is 6.91. The second kappa shape index (κ2) is 12.3. The number of benzene rings is 2. The average molecular weight is 472 g/mol. The molecule has 1 unspecified atom stereocenters. The summed E-state index contributed by atoms with van der Waals surface area (Å²) in [5, 5.41) is 5.34. The molecule has 9 heteroatoms. The largest absolute Gasteiger partial charge is 0.383 e. The van der Waals surface area contributed by atoms with E-state index in [1.165, 1.54) is 19.2 Å². The first-order chi connectivity index (χ1) is 16.4. The van der Waals surface area contributed by atoms with E-state index in [-0.39, 0.29) is 18.4 Å². The standard InChI is InChI=1S/C25H34FN5O3/c1-29(2)21-8-4-19(5-9-21)23(18-28-25(33)24(32)27-12-17-34-3)31-15-13-30(14-16-31)22-10-6-20(26)7-11-22/h4-11,23H,12-18H2,1-3H3,(H,27,32)(H,28,33). The zero-order chi connectivity index (χ0) is 24.5. The van der Waals surface area contributed by atoms with E-state index in [9.17, 15) is 14.0 Å². The first-order valence-corrected chi connectivity index (χ1v) is 11.5. The fourth-order valence-corrected chi connectivity index (χ4v) is 4.01. The molecule has 2 aromatic rings. The topological polar surface area (TPSA) is 77.1 Å². The van der Waals surface area contributed by atoms with Crippen molar-refractivity contribution in [2.75, 3.05) is 76.9 Å². The van der Waals surface area contributed by atoms with Crippen LogP contribution in [0.25, 0.3) is 0 Å². The molecule has 2 aromatic carbocycles. The number of piperazine rings is 1. The minimum Gasteiger partial charge on any atom is -0.383 e. The molecular weight excluding hydrogens is 437 g/mol. The lowest BCUT2D eigenvalue weighted by molar-refractivity contribution is -0.139. The zero-order valence-electron chi connectivity index (χ0n) is 20.1. The number of hydrogen-bond donors (Lipinski definition) is 2. The molecule has 3 rings (SSSR count). The predicted octanol–water partition coefficient (Wildman–Crippen LogP) is 1.63. The lowest BCUT2D eigenvalue weighted by Gasteiger charge is -2.40. The maximum Gasteiger partial charge on any atom is 0.309 e. The summed E-state index contributed by atoms with van der Waals surface area (Å²) in [6, 6.07) is 14.7. The first-order valence-electron chi connectivity index (χ1n) is 11.5. The molecule has 184 valence electrons. The van der Waals surface area contributed by atoms with Gasteiger partial charge < -0.3 is 25.2 Å². The Bertz CT molecular complexity index is 929. The minimum atomic E-state index is -0.667. The van der Waals surface area contributed by atoms with Crippen molar-refractivity contribution in [2.24, 2.45) is 0 Å². The van der Waals surface area contributed by atoms with E-state index in [1.807, 2.05) is 19.0 Å². The molecule has 0 aromatic heterocycles. The van der Waals surface area contributed by atoms with Gasteiger partial charge in [-0.25, -0.2) is 4.39 Å². The minimum absolute atomic E-state index is 0.0812. The van der Waals surface area contributed by atoms with Gasteiger partial charge in [0, 0.05) is 71.8 Å². The maximum atomic E-state index is 13.3. The van der Waals surface area contributed by atoms with Crippen molar-refractivity contribution in [2.45, 2.75) is 6.04 Å². The van der Waals surface area contributed by atoms with Gasteiger partial charge in [0.25, 0.3) is 0 Å². The highest BCUT2D eigenvalue weighted by Crippen LogP contribution is 2.26. The van der Waals surface area contributed by atoms with Gasteiger partial charge in [-0.15, -0.1) is 0 Å². The fourth-order valence-electron chi connectivity index (χ4n) is 4.01. The first kappa shape index (κ1) is 25.5. The molecule has 0 radical (unpaired) electrons. The summed E-state index contributed by atoms with van der Waals surface area (Å²) in [6.07, 6.45) is 0. The SMILES string of the molecule is COCCNC(=O)C(=O)NCC(c1ccc(N(C)C)cc1)N1CCN(c2ccc(F)cc2)CC1. The Morgan fingerprint density at radius 1 is 0.971 bits per heavy atom. The van der Waals surface area contributed by atoms with E-state index in [0.717, 1.165) is 43.1 Å². The van der Waals surface area contributed by atoms with Crippen LogP contribution in [0.4, 0.5) is 15.8 Å². The van der Waals surface area contributed by atoms with Gasteiger partial charge in [0.05, 0.1) is 12.6 Å². The molecule has 1 fully saturated rings. The van der Waals surface area contributed by atoms with E-state index in [0.29, 0.717) is 13.2 Å². The molecule has 1 heterocycles. The Hall–Kier alpha value is -3.17. The van der Waals surface area contributed by atoms with Gasteiger partial charge in [0.15, 0.2) is 0 Å². The second-order valence-corrected chi connectivity index (χ2v) is 8.46. The van der Waals surface area contributed by atoms with Crippen LogP contribution in [0.5, 0.6) is 0 Å². The molecule has 2 N–H and O–H groups in total. The van der Waals surface area contributed by atoms with Crippen LogP contribution < -0.4 is 20.4 Å². The summed E-state index contributed by atoms with van der Waals surface area (Å²) in [5.41, 5.74) is 3.15. The molecule has 8 nitrogen and oxygen atoms in total. The van der Waals surface area contributed by atoms with Crippen molar-refractivity contribution in [1.29, 1.82) is 0 Å². The van der Waals surface area contributed by atoms with Crippen LogP contribution in [0.1, 0.15) is 11.6 Å². The smallest absolute Gasteiger partial charge is 0.309 e. The molecule has 1 aliphatic rings. The van der Waals surface area contributed by atoms with Gasteiger partial charge in [-0.05, 0) is 42.0 Å². The van der Waals surface area contributed by atoms with Gasteiger partial charge in [0.1, 0.15) is 5.82 Å². The number of methoxy groups -OCH3 is 1. The third-order valence-electron chi connectivity index (χ3n) is 6.00. The molecule has 2 amide bonds. The van der Waals surface area contributed by atoms with Gasteiger partial charge in [-0.3, -0.25) is 14.5 Å². The monoisotopic (exact) mass is 471 g/mol. The lowest BCUT2D eigenvalue weighted by atomic mass is 10.0. The number of amides is 2. The van der Waals surface area contributed by atoms with Crippen LogP contribution >= 0.6 is 0 Å². The summed E-state index contributed by atoms with van der Waals surface area (Å²) < 4.78 is 18.2. The van der Waals surface area contributed by atoms with Crippen molar-refractivity contribution in [1.82, 2.24) is 15.5 Å². The number of anilines is 2. The Morgan fingerprint density at radius 3 is 2.18 bits per heavy atom. The number of rotatable bonds is 9. The number of halogens is 1. The summed E-state index contributed by atoms with van der Waals surface area (Å²) in [7, 11) is 5.52. The molecule has 0 saturated carbocycles. The molecule has 0 aliphatic carbocycles. The highest BCUT2D eigenvalue weighted by molar-refractivity contribution is 6.35. The molecule has 0 spiro atoms. The zero-order valence-corrected chi connectivity index (χ0v) is 20.1. The predicted molar refractivity (Wildman–Crippen MR) is 132 cm³/mol. The summed E-state index contributed by atoms with van der Waals surface area (Å²) in [5.74, 6) is -1.57. The normalized spacial score (nSPS) is 15.0. The number of nitrogens with one attached hydrogen (secondary N) is 2. The van der Waals surface area contributed by atoms with E-state index in [4.69, 9.17) is 4.74 Å². The van der Waals surface area contributed by atoms with Crippen molar-refractivity contribution in [3.8, 4) is 0 Å². The molecule has 1 atom stereocenters. The van der Waals surface area contributed by atoms with Crippen LogP contribution in [-0.4, -0.2) is 83.8 Å². The van der Waals surface area contributed by atoms with Crippen molar-refractivity contribution in [3.05, 3.63) is 59.9 Å². The Balaban J connectivity index is 1.67. The molecule has 0 bridgehead atoms. The second-order valence-electron chi connectivity index (χ2n) is 8.46.